The summed E-state index contributed by atoms with van der Waals surface area (Å²) in [6.07, 6.45) is 1.36. The lowest BCUT2D eigenvalue weighted by molar-refractivity contribution is 0.412. The van der Waals surface area contributed by atoms with Crippen LogP contribution in [-0.4, -0.2) is 10.2 Å². The number of aromatic nitrogens is 2. The van der Waals surface area contributed by atoms with E-state index in [9.17, 15) is 0 Å². The van der Waals surface area contributed by atoms with Crippen LogP contribution in [0.3, 0.4) is 0 Å². The zero-order chi connectivity index (χ0) is 10.0. The standard InChI is InChI=1S/C11H12N2O/c1-11(2,10-13-12-8-14-10)9-6-4-3-5-7-9/h3-8H,1-2H3. The Balaban J connectivity index is 2.43. The minimum atomic E-state index is -0.224. The first-order valence-electron chi connectivity index (χ1n) is 4.53. The van der Waals surface area contributed by atoms with Gasteiger partial charge in [-0.2, -0.15) is 0 Å². The number of nitrogens with zero attached hydrogens (tertiary/aromatic N) is 2. The van der Waals surface area contributed by atoms with Crippen LogP contribution in [0.1, 0.15) is 25.3 Å². The first-order chi connectivity index (χ1) is 6.71. The van der Waals surface area contributed by atoms with Gasteiger partial charge in [-0.25, -0.2) is 0 Å². The fourth-order valence-corrected chi connectivity index (χ4v) is 1.42. The van der Waals surface area contributed by atoms with E-state index in [1.54, 1.807) is 0 Å². The average Bonchev–Trinajstić information content (AvgIpc) is 2.72. The Morgan fingerprint density at radius 3 is 2.43 bits per heavy atom. The van der Waals surface area contributed by atoms with Gasteiger partial charge in [0.25, 0.3) is 0 Å². The van der Waals surface area contributed by atoms with E-state index in [1.807, 2.05) is 18.2 Å². The SMILES string of the molecule is CC(C)(c1ccccc1)c1nnco1. The van der Waals surface area contributed by atoms with Gasteiger partial charge in [-0.1, -0.05) is 30.3 Å². The van der Waals surface area contributed by atoms with Gasteiger partial charge in [-0.05, 0) is 19.4 Å². The number of rotatable bonds is 2. The molecule has 2 aromatic rings. The first kappa shape index (κ1) is 8.94. The van der Waals surface area contributed by atoms with Crippen molar-refractivity contribution in [3.05, 3.63) is 48.2 Å². The molecule has 0 spiro atoms. The largest absolute Gasteiger partial charge is 0.427 e. The fraction of sp³-hybridized carbons (Fsp3) is 0.273. The van der Waals surface area contributed by atoms with Crippen LogP contribution in [0.4, 0.5) is 0 Å². The summed E-state index contributed by atoms with van der Waals surface area (Å²) >= 11 is 0. The predicted octanol–water partition coefficient (Wildman–Crippen LogP) is 2.40. The molecule has 0 radical (unpaired) electrons. The summed E-state index contributed by atoms with van der Waals surface area (Å²) in [6, 6.07) is 10.1. The molecule has 0 amide bonds. The second-order valence-corrected chi connectivity index (χ2v) is 3.73. The van der Waals surface area contributed by atoms with Crippen LogP contribution < -0.4 is 0 Å². The van der Waals surface area contributed by atoms with Gasteiger partial charge >= 0.3 is 0 Å². The smallest absolute Gasteiger partial charge is 0.226 e. The maximum atomic E-state index is 5.23. The molecule has 3 heteroatoms. The Hall–Kier alpha value is -1.64. The number of benzene rings is 1. The highest BCUT2D eigenvalue weighted by Gasteiger charge is 2.27. The van der Waals surface area contributed by atoms with Crippen molar-refractivity contribution in [1.82, 2.24) is 10.2 Å². The van der Waals surface area contributed by atoms with Gasteiger partial charge in [-0.15, -0.1) is 10.2 Å². The van der Waals surface area contributed by atoms with Crippen LogP contribution in [0, 0.1) is 0 Å². The molecule has 0 saturated heterocycles. The maximum Gasteiger partial charge on any atom is 0.226 e. The lowest BCUT2D eigenvalue weighted by atomic mass is 9.85. The van der Waals surface area contributed by atoms with E-state index < -0.39 is 0 Å². The summed E-state index contributed by atoms with van der Waals surface area (Å²) in [7, 11) is 0. The molecule has 0 fully saturated rings. The lowest BCUT2D eigenvalue weighted by Crippen LogP contribution is -2.19. The number of hydrogen-bond acceptors (Lipinski definition) is 3. The molecule has 0 aliphatic carbocycles. The van der Waals surface area contributed by atoms with Gasteiger partial charge in [-0.3, -0.25) is 0 Å². The molecule has 72 valence electrons. The van der Waals surface area contributed by atoms with Crippen LogP contribution in [0.5, 0.6) is 0 Å². The van der Waals surface area contributed by atoms with Crippen molar-refractivity contribution in [1.29, 1.82) is 0 Å². The van der Waals surface area contributed by atoms with Crippen LogP contribution in [-0.2, 0) is 5.41 Å². The quantitative estimate of drug-likeness (QED) is 0.726. The van der Waals surface area contributed by atoms with E-state index in [0.29, 0.717) is 5.89 Å². The zero-order valence-electron chi connectivity index (χ0n) is 8.27. The molecule has 1 aromatic heterocycles. The second-order valence-electron chi connectivity index (χ2n) is 3.73. The molecule has 1 aromatic carbocycles. The van der Waals surface area contributed by atoms with E-state index in [1.165, 1.54) is 12.0 Å². The van der Waals surface area contributed by atoms with E-state index in [4.69, 9.17) is 4.42 Å². The highest BCUT2D eigenvalue weighted by Crippen LogP contribution is 2.29. The van der Waals surface area contributed by atoms with Crippen LogP contribution in [0.15, 0.2) is 41.1 Å². The molecule has 14 heavy (non-hydrogen) atoms. The van der Waals surface area contributed by atoms with Gasteiger partial charge in [0.15, 0.2) is 0 Å². The van der Waals surface area contributed by atoms with Crippen LogP contribution in [0.2, 0.25) is 0 Å². The summed E-state index contributed by atoms with van der Waals surface area (Å²) in [6.45, 7) is 4.13. The topological polar surface area (TPSA) is 38.9 Å². The molecule has 0 atom stereocenters. The van der Waals surface area contributed by atoms with E-state index in [2.05, 4.69) is 36.2 Å². The summed E-state index contributed by atoms with van der Waals surface area (Å²) in [4.78, 5) is 0. The van der Waals surface area contributed by atoms with Crippen LogP contribution >= 0.6 is 0 Å². The van der Waals surface area contributed by atoms with Crippen molar-refractivity contribution in [2.45, 2.75) is 19.3 Å². The molecule has 0 bridgehead atoms. The Bertz CT molecular complexity index is 392. The second kappa shape index (κ2) is 3.25. The van der Waals surface area contributed by atoms with E-state index >= 15 is 0 Å². The minimum absolute atomic E-state index is 0.224. The average molecular weight is 188 g/mol. The summed E-state index contributed by atoms with van der Waals surface area (Å²) < 4.78 is 5.23. The summed E-state index contributed by atoms with van der Waals surface area (Å²) in [5.41, 5.74) is 0.946. The molecule has 2 rings (SSSR count). The highest BCUT2D eigenvalue weighted by atomic mass is 16.4. The predicted molar refractivity (Wildman–Crippen MR) is 52.9 cm³/mol. The zero-order valence-corrected chi connectivity index (χ0v) is 8.27. The number of hydrogen-bond donors (Lipinski definition) is 0. The summed E-state index contributed by atoms with van der Waals surface area (Å²) in [5, 5.41) is 7.64. The third-order valence-corrected chi connectivity index (χ3v) is 2.39. The molecule has 3 nitrogen and oxygen atoms in total. The molecule has 1 heterocycles. The monoisotopic (exact) mass is 188 g/mol. The van der Waals surface area contributed by atoms with Crippen molar-refractivity contribution >= 4 is 0 Å². The van der Waals surface area contributed by atoms with Crippen molar-refractivity contribution < 1.29 is 4.42 Å². The maximum absolute atomic E-state index is 5.23. The van der Waals surface area contributed by atoms with E-state index in [0.717, 1.165) is 0 Å². The van der Waals surface area contributed by atoms with Gasteiger partial charge in [0.05, 0.1) is 5.41 Å². The Morgan fingerprint density at radius 1 is 1.14 bits per heavy atom. The first-order valence-corrected chi connectivity index (χ1v) is 4.53. The van der Waals surface area contributed by atoms with Crippen molar-refractivity contribution in [3.8, 4) is 0 Å². The Labute approximate surface area is 82.8 Å². The third kappa shape index (κ3) is 1.41. The Kier molecular flexibility index (Phi) is 2.08. The molecule has 0 unspecified atom stereocenters. The van der Waals surface area contributed by atoms with Crippen molar-refractivity contribution in [2.24, 2.45) is 0 Å². The van der Waals surface area contributed by atoms with Gasteiger partial charge < -0.3 is 4.42 Å². The minimum Gasteiger partial charge on any atom is -0.427 e. The van der Waals surface area contributed by atoms with Crippen molar-refractivity contribution in [3.63, 3.8) is 0 Å². The molecule has 0 aliphatic rings. The molecule has 0 aliphatic heterocycles. The highest BCUT2D eigenvalue weighted by molar-refractivity contribution is 5.28. The normalized spacial score (nSPS) is 11.6. The third-order valence-electron chi connectivity index (χ3n) is 2.39. The summed E-state index contributed by atoms with van der Waals surface area (Å²) in [5.74, 6) is 0.642. The molecule has 0 saturated carbocycles. The molecular weight excluding hydrogens is 176 g/mol. The van der Waals surface area contributed by atoms with Crippen LogP contribution in [0.25, 0.3) is 0 Å². The van der Waals surface area contributed by atoms with Gasteiger partial charge in [0, 0.05) is 0 Å². The van der Waals surface area contributed by atoms with Crippen molar-refractivity contribution in [2.75, 3.05) is 0 Å². The van der Waals surface area contributed by atoms with Gasteiger partial charge in [0.2, 0.25) is 12.3 Å². The Morgan fingerprint density at radius 2 is 1.86 bits per heavy atom. The molecular formula is C11H12N2O. The van der Waals surface area contributed by atoms with E-state index in [-0.39, 0.29) is 5.41 Å². The van der Waals surface area contributed by atoms with Gasteiger partial charge in [0.1, 0.15) is 0 Å². The lowest BCUT2D eigenvalue weighted by Gasteiger charge is -2.20. The fourth-order valence-electron chi connectivity index (χ4n) is 1.42. The molecule has 0 N–H and O–H groups in total.